The van der Waals surface area contributed by atoms with Gasteiger partial charge >= 0.3 is 0 Å². The van der Waals surface area contributed by atoms with Gasteiger partial charge in [-0.05, 0) is 22.0 Å². The van der Waals surface area contributed by atoms with Gasteiger partial charge in [-0.2, -0.15) is 0 Å². The van der Waals surface area contributed by atoms with E-state index in [1.807, 2.05) is 0 Å². The standard InChI is InChI=1S/C6H4BrClF2N2O2S/c7-4-2(15(11,13)14)1-3(8)12-5(4)6(9)10/h1,6H,(H2,11,13,14). The monoisotopic (exact) mass is 320 g/mol. The fourth-order valence-corrected chi connectivity index (χ4v) is 2.79. The van der Waals surface area contributed by atoms with Crippen LogP contribution < -0.4 is 5.14 Å². The first-order chi connectivity index (χ1) is 6.73. The average molecular weight is 322 g/mol. The van der Waals surface area contributed by atoms with Gasteiger partial charge in [0.2, 0.25) is 10.0 Å². The summed E-state index contributed by atoms with van der Waals surface area (Å²) in [5, 5.41) is 4.44. The highest BCUT2D eigenvalue weighted by Crippen LogP contribution is 2.32. The number of hydrogen-bond acceptors (Lipinski definition) is 3. The molecule has 0 fully saturated rings. The van der Waals surface area contributed by atoms with E-state index in [0.29, 0.717) is 0 Å². The minimum absolute atomic E-state index is 0.363. The van der Waals surface area contributed by atoms with Crippen LogP contribution in [0.2, 0.25) is 5.15 Å². The molecular weight excluding hydrogens is 317 g/mol. The molecule has 0 amide bonds. The van der Waals surface area contributed by atoms with Crippen LogP contribution in [0, 0.1) is 0 Å². The van der Waals surface area contributed by atoms with E-state index in [-0.39, 0.29) is 9.63 Å². The molecule has 0 bridgehead atoms. The summed E-state index contributed by atoms with van der Waals surface area (Å²) in [6.45, 7) is 0. The minimum Gasteiger partial charge on any atom is -0.234 e. The third kappa shape index (κ3) is 2.83. The zero-order valence-electron chi connectivity index (χ0n) is 6.92. The minimum atomic E-state index is -4.12. The van der Waals surface area contributed by atoms with Crippen LogP contribution in [0.15, 0.2) is 15.4 Å². The van der Waals surface area contributed by atoms with Gasteiger partial charge in [-0.1, -0.05) is 11.6 Å². The molecule has 4 nitrogen and oxygen atoms in total. The Morgan fingerprint density at radius 3 is 2.47 bits per heavy atom. The first kappa shape index (κ1) is 12.8. The molecule has 84 valence electrons. The Hall–Kier alpha value is -0.310. The molecule has 15 heavy (non-hydrogen) atoms. The average Bonchev–Trinajstić information content (AvgIpc) is 2.06. The number of nitrogens with two attached hydrogens (primary N) is 1. The highest BCUT2D eigenvalue weighted by molar-refractivity contribution is 9.10. The number of pyridine rings is 1. The van der Waals surface area contributed by atoms with Crippen LogP contribution in [0.1, 0.15) is 12.1 Å². The van der Waals surface area contributed by atoms with E-state index in [2.05, 4.69) is 20.9 Å². The Bertz CT molecular complexity index is 494. The SMILES string of the molecule is NS(=O)(=O)c1cc(Cl)nc(C(F)F)c1Br. The smallest absolute Gasteiger partial charge is 0.234 e. The van der Waals surface area contributed by atoms with Gasteiger partial charge in [0.1, 0.15) is 15.7 Å². The summed E-state index contributed by atoms with van der Waals surface area (Å²) in [6, 6.07) is 0.896. The van der Waals surface area contributed by atoms with Crippen molar-refractivity contribution in [1.29, 1.82) is 0 Å². The van der Waals surface area contributed by atoms with Crippen molar-refractivity contribution < 1.29 is 17.2 Å². The van der Waals surface area contributed by atoms with Crippen LogP contribution in [-0.4, -0.2) is 13.4 Å². The molecule has 0 atom stereocenters. The molecule has 1 aromatic rings. The largest absolute Gasteiger partial charge is 0.281 e. The number of nitrogens with zero attached hydrogens (tertiary/aromatic N) is 1. The van der Waals surface area contributed by atoms with Gasteiger partial charge in [0, 0.05) is 0 Å². The van der Waals surface area contributed by atoms with Gasteiger partial charge in [-0.3, -0.25) is 0 Å². The van der Waals surface area contributed by atoms with Crippen LogP contribution in [0.25, 0.3) is 0 Å². The molecular formula is C6H4BrClF2N2O2S. The van der Waals surface area contributed by atoms with Crippen molar-refractivity contribution in [3.8, 4) is 0 Å². The Kier molecular flexibility index (Phi) is 3.64. The maximum absolute atomic E-state index is 12.4. The van der Waals surface area contributed by atoms with Crippen molar-refractivity contribution >= 4 is 37.6 Å². The summed E-state index contributed by atoms with van der Waals surface area (Å²) in [5.74, 6) is 0. The third-order valence-electron chi connectivity index (χ3n) is 1.43. The highest BCUT2D eigenvalue weighted by atomic mass is 79.9. The lowest BCUT2D eigenvalue weighted by Gasteiger charge is -2.07. The molecule has 9 heteroatoms. The Labute approximate surface area is 97.6 Å². The first-order valence-electron chi connectivity index (χ1n) is 3.40. The van der Waals surface area contributed by atoms with Gasteiger partial charge in [-0.15, -0.1) is 0 Å². The highest BCUT2D eigenvalue weighted by Gasteiger charge is 2.22. The molecule has 1 aromatic heterocycles. The molecule has 0 unspecified atom stereocenters. The molecule has 2 N–H and O–H groups in total. The van der Waals surface area contributed by atoms with E-state index < -0.39 is 27.0 Å². The Balaban J connectivity index is 3.56. The zero-order valence-corrected chi connectivity index (χ0v) is 10.1. The van der Waals surface area contributed by atoms with Crippen molar-refractivity contribution in [2.75, 3.05) is 0 Å². The number of primary sulfonamides is 1. The maximum atomic E-state index is 12.4. The van der Waals surface area contributed by atoms with Crippen molar-refractivity contribution in [3.05, 3.63) is 21.4 Å². The lowest BCUT2D eigenvalue weighted by Crippen LogP contribution is -2.14. The molecule has 1 heterocycles. The molecule has 0 spiro atoms. The normalized spacial score (nSPS) is 12.1. The number of hydrogen-bond donors (Lipinski definition) is 1. The molecule has 0 aliphatic rings. The molecule has 0 aromatic carbocycles. The van der Waals surface area contributed by atoms with Crippen LogP contribution >= 0.6 is 27.5 Å². The van der Waals surface area contributed by atoms with E-state index in [0.717, 1.165) is 6.07 Å². The van der Waals surface area contributed by atoms with Crippen molar-refractivity contribution in [3.63, 3.8) is 0 Å². The van der Waals surface area contributed by atoms with Gasteiger partial charge < -0.3 is 0 Å². The van der Waals surface area contributed by atoms with Gasteiger partial charge in [0.25, 0.3) is 6.43 Å². The van der Waals surface area contributed by atoms with E-state index in [9.17, 15) is 17.2 Å². The molecule has 0 saturated carbocycles. The number of alkyl halides is 2. The first-order valence-corrected chi connectivity index (χ1v) is 6.12. The second-order valence-corrected chi connectivity index (χ2v) is 5.20. The van der Waals surface area contributed by atoms with E-state index in [1.165, 1.54) is 0 Å². The summed E-state index contributed by atoms with van der Waals surface area (Å²) in [7, 11) is -4.12. The topological polar surface area (TPSA) is 73.1 Å². The quantitative estimate of drug-likeness (QED) is 0.848. The zero-order chi connectivity index (χ0) is 11.8. The summed E-state index contributed by atoms with van der Waals surface area (Å²) in [6.07, 6.45) is -2.95. The van der Waals surface area contributed by atoms with E-state index in [1.54, 1.807) is 0 Å². The number of halogens is 4. The van der Waals surface area contributed by atoms with Gasteiger partial charge in [-0.25, -0.2) is 27.3 Å². The van der Waals surface area contributed by atoms with Gasteiger partial charge in [0.05, 0.1) is 4.47 Å². The predicted octanol–water partition coefficient (Wildman–Crippen LogP) is 2.08. The summed E-state index contributed by atoms with van der Waals surface area (Å²) < 4.78 is 46.4. The molecule has 1 rings (SSSR count). The Morgan fingerprint density at radius 1 is 1.53 bits per heavy atom. The van der Waals surface area contributed by atoms with Crippen LogP contribution in [0.3, 0.4) is 0 Å². The maximum Gasteiger partial charge on any atom is 0.281 e. The fourth-order valence-electron chi connectivity index (χ4n) is 0.846. The molecule has 0 aliphatic carbocycles. The number of aromatic nitrogens is 1. The van der Waals surface area contributed by atoms with Crippen LogP contribution in [-0.2, 0) is 10.0 Å². The van der Waals surface area contributed by atoms with Crippen LogP contribution in [0.4, 0.5) is 8.78 Å². The summed E-state index contributed by atoms with van der Waals surface area (Å²) in [4.78, 5) is 2.78. The Morgan fingerprint density at radius 2 is 2.07 bits per heavy atom. The van der Waals surface area contributed by atoms with Crippen molar-refractivity contribution in [2.24, 2.45) is 5.14 Å². The molecule has 0 radical (unpaired) electrons. The van der Waals surface area contributed by atoms with E-state index >= 15 is 0 Å². The molecule has 0 aliphatic heterocycles. The van der Waals surface area contributed by atoms with E-state index in [4.69, 9.17) is 16.7 Å². The van der Waals surface area contributed by atoms with Gasteiger partial charge in [0.15, 0.2) is 0 Å². The molecule has 0 saturated heterocycles. The summed E-state index contributed by atoms with van der Waals surface area (Å²) >= 11 is 8.08. The van der Waals surface area contributed by atoms with Crippen LogP contribution in [0.5, 0.6) is 0 Å². The van der Waals surface area contributed by atoms with Crippen molar-refractivity contribution in [2.45, 2.75) is 11.3 Å². The summed E-state index contributed by atoms with van der Waals surface area (Å²) in [5.41, 5.74) is -0.758. The lowest BCUT2D eigenvalue weighted by molar-refractivity contribution is 0.145. The van der Waals surface area contributed by atoms with Crippen molar-refractivity contribution in [1.82, 2.24) is 4.98 Å². The number of rotatable bonds is 2. The second kappa shape index (κ2) is 4.28. The third-order valence-corrected chi connectivity index (χ3v) is 3.66. The fraction of sp³-hybridized carbons (Fsp3) is 0.167. The number of sulfonamides is 1. The second-order valence-electron chi connectivity index (χ2n) is 2.49. The predicted molar refractivity (Wildman–Crippen MR) is 53.3 cm³/mol. The lowest BCUT2D eigenvalue weighted by atomic mass is 10.3.